The molecular formula is C44H40N6O7. The number of nitrogen functional groups attached to an aromatic ring is 1. The quantitative estimate of drug-likeness (QED) is 0.119. The lowest BCUT2D eigenvalue weighted by molar-refractivity contribution is -0.0931. The van der Waals surface area contributed by atoms with Crippen molar-refractivity contribution in [3.05, 3.63) is 163 Å². The van der Waals surface area contributed by atoms with Crippen LogP contribution in [0.4, 0.5) is 22.1 Å². The lowest BCUT2D eigenvalue weighted by atomic mass is 9.80. The summed E-state index contributed by atoms with van der Waals surface area (Å²) in [5.74, 6) is 1.14. The van der Waals surface area contributed by atoms with E-state index in [2.05, 4.69) is 15.0 Å². The molecule has 8 rings (SSSR count). The van der Waals surface area contributed by atoms with E-state index < -0.39 is 30.1 Å². The number of rotatable bonds is 12. The number of hydrogen-bond acceptors (Lipinski definition) is 11. The Kier molecular flexibility index (Phi) is 10.5. The molecule has 1 aliphatic heterocycles. The Bertz CT molecular complexity index is 2350. The molecule has 13 nitrogen and oxygen atoms in total. The number of benzene rings is 5. The molecule has 3 atom stereocenters. The van der Waals surface area contributed by atoms with Crippen LogP contribution in [0.1, 0.15) is 29.3 Å². The molecule has 1 fully saturated rings. The summed E-state index contributed by atoms with van der Waals surface area (Å²) in [4.78, 5) is 28.5. The highest BCUT2D eigenvalue weighted by Gasteiger charge is 2.42. The van der Waals surface area contributed by atoms with Crippen molar-refractivity contribution in [2.75, 3.05) is 31.5 Å². The maximum absolute atomic E-state index is 13.8. The van der Waals surface area contributed by atoms with Crippen molar-refractivity contribution in [2.24, 2.45) is 0 Å². The average Bonchev–Trinajstić information content (AvgIpc) is 3.85. The zero-order valence-electron chi connectivity index (χ0n) is 31.2. The molecule has 13 heteroatoms. The van der Waals surface area contributed by atoms with Crippen LogP contribution in [0.3, 0.4) is 0 Å². The van der Waals surface area contributed by atoms with Gasteiger partial charge in [-0.3, -0.25) is 4.57 Å². The van der Waals surface area contributed by atoms with Gasteiger partial charge in [0.05, 0.1) is 44.6 Å². The van der Waals surface area contributed by atoms with Crippen molar-refractivity contribution < 1.29 is 33.6 Å². The third-order valence-electron chi connectivity index (χ3n) is 9.95. The van der Waals surface area contributed by atoms with Crippen molar-refractivity contribution in [1.29, 1.82) is 0 Å². The summed E-state index contributed by atoms with van der Waals surface area (Å²) in [6.07, 6.45) is -1.41. The van der Waals surface area contributed by atoms with E-state index in [0.29, 0.717) is 22.9 Å². The molecule has 0 radical (unpaired) electrons. The summed E-state index contributed by atoms with van der Waals surface area (Å²) >= 11 is 0. The predicted molar refractivity (Wildman–Crippen MR) is 214 cm³/mol. The van der Waals surface area contributed by atoms with E-state index in [1.165, 1.54) is 11.2 Å². The van der Waals surface area contributed by atoms with Crippen molar-refractivity contribution in [3.8, 4) is 17.4 Å². The number of nitrogens with zero attached hydrogens (tertiary/aromatic N) is 5. The summed E-state index contributed by atoms with van der Waals surface area (Å²) in [6, 6.07) is 43.6. The number of para-hydroxylation sites is 2. The van der Waals surface area contributed by atoms with Crippen LogP contribution in [0.25, 0.3) is 11.2 Å². The lowest BCUT2D eigenvalue weighted by Crippen LogP contribution is -2.38. The number of nitrogens with two attached hydrogens (primary N) is 1. The number of aromatic nitrogens is 4. The fraction of sp³-hybridized carbons (Fsp3) is 0.182. The number of ether oxygens (including phenoxy) is 5. The van der Waals surface area contributed by atoms with E-state index in [1.54, 1.807) is 43.1 Å². The number of amides is 1. The van der Waals surface area contributed by atoms with Crippen LogP contribution in [0, 0.1) is 0 Å². The number of hydrogen-bond donors (Lipinski definition) is 2. The van der Waals surface area contributed by atoms with E-state index >= 15 is 0 Å². The van der Waals surface area contributed by atoms with Crippen LogP contribution in [-0.2, 0) is 15.1 Å². The van der Waals surface area contributed by atoms with Gasteiger partial charge in [0.25, 0.3) is 5.88 Å². The summed E-state index contributed by atoms with van der Waals surface area (Å²) in [5, 5.41) is 11.5. The highest BCUT2D eigenvalue weighted by molar-refractivity contribution is 5.98. The second kappa shape index (κ2) is 16.1. The maximum atomic E-state index is 13.8. The predicted octanol–water partition coefficient (Wildman–Crippen LogP) is 7.42. The summed E-state index contributed by atoms with van der Waals surface area (Å²) < 4.78 is 32.0. The summed E-state index contributed by atoms with van der Waals surface area (Å²) in [7, 11) is 3.24. The van der Waals surface area contributed by atoms with Gasteiger partial charge < -0.3 is 34.5 Å². The minimum absolute atomic E-state index is 0.00599. The van der Waals surface area contributed by atoms with Gasteiger partial charge in [0.15, 0.2) is 11.2 Å². The fourth-order valence-corrected chi connectivity index (χ4v) is 7.15. The first-order chi connectivity index (χ1) is 27.9. The first-order valence-corrected chi connectivity index (χ1v) is 18.3. The molecule has 3 heterocycles. The molecule has 0 aliphatic carbocycles. The molecule has 1 saturated heterocycles. The number of fused-ring (bicyclic) bond motifs is 1. The molecule has 57 heavy (non-hydrogen) atoms. The molecule has 0 unspecified atom stereocenters. The third-order valence-corrected chi connectivity index (χ3v) is 9.95. The zero-order chi connectivity index (χ0) is 39.4. The van der Waals surface area contributed by atoms with Crippen LogP contribution in [0.5, 0.6) is 17.4 Å². The molecule has 1 aliphatic rings. The van der Waals surface area contributed by atoms with Crippen molar-refractivity contribution in [2.45, 2.75) is 30.5 Å². The van der Waals surface area contributed by atoms with Crippen LogP contribution in [-0.4, -0.2) is 63.8 Å². The van der Waals surface area contributed by atoms with Gasteiger partial charge in [-0.1, -0.05) is 91.0 Å². The van der Waals surface area contributed by atoms with Crippen LogP contribution >= 0.6 is 0 Å². The normalized spacial score (nSPS) is 16.6. The van der Waals surface area contributed by atoms with Crippen LogP contribution in [0.15, 0.2) is 146 Å². The monoisotopic (exact) mass is 764 g/mol. The van der Waals surface area contributed by atoms with Crippen molar-refractivity contribution in [1.82, 2.24) is 19.5 Å². The third kappa shape index (κ3) is 7.34. The second-order valence-electron chi connectivity index (χ2n) is 13.3. The van der Waals surface area contributed by atoms with Gasteiger partial charge in [0.1, 0.15) is 29.4 Å². The molecule has 2 aromatic heterocycles. The maximum Gasteiger partial charge on any atom is 0.425 e. The van der Waals surface area contributed by atoms with Gasteiger partial charge in [-0.05, 0) is 65.2 Å². The Hall–Kier alpha value is -6.80. The average molecular weight is 765 g/mol. The van der Waals surface area contributed by atoms with Gasteiger partial charge >= 0.3 is 6.09 Å². The SMILES string of the molecule is COc1ccc(C(OC[C@H]2O[C@@H](n3cnc4c(OC(=O)N(c5ccccc5)c5ccccc5)nc(N)nc43)C[C@@H]2O)(c2ccccc2)c2ccc(OC)cc2)cc1. The van der Waals surface area contributed by atoms with Crippen LogP contribution < -0.4 is 24.8 Å². The number of anilines is 3. The topological polar surface area (TPSA) is 156 Å². The van der Waals surface area contributed by atoms with Crippen molar-refractivity contribution >= 4 is 34.6 Å². The smallest absolute Gasteiger partial charge is 0.425 e. The molecule has 0 spiro atoms. The highest BCUT2D eigenvalue weighted by atomic mass is 16.6. The Balaban J connectivity index is 1.08. The highest BCUT2D eigenvalue weighted by Crippen LogP contribution is 2.43. The number of methoxy groups -OCH3 is 2. The minimum atomic E-state index is -1.11. The zero-order valence-corrected chi connectivity index (χ0v) is 31.2. The molecule has 0 saturated carbocycles. The molecule has 0 bridgehead atoms. The number of carbonyl (C=O) groups excluding carboxylic acids is 1. The molecule has 288 valence electrons. The number of aliphatic hydroxyl groups is 1. The Morgan fingerprint density at radius 1 is 0.789 bits per heavy atom. The van der Waals surface area contributed by atoms with Gasteiger partial charge in [-0.2, -0.15) is 9.97 Å². The first kappa shape index (κ1) is 37.1. The molecule has 3 N–H and O–H groups in total. The van der Waals surface area contributed by atoms with Gasteiger partial charge in [-0.15, -0.1) is 0 Å². The largest absolute Gasteiger partial charge is 0.497 e. The Morgan fingerprint density at radius 3 is 1.86 bits per heavy atom. The first-order valence-electron chi connectivity index (χ1n) is 18.3. The number of aliphatic hydroxyl groups excluding tert-OH is 1. The van der Waals surface area contributed by atoms with Gasteiger partial charge in [0.2, 0.25) is 5.95 Å². The number of carbonyl (C=O) groups is 1. The fourth-order valence-electron chi connectivity index (χ4n) is 7.15. The van der Waals surface area contributed by atoms with Crippen LogP contribution in [0.2, 0.25) is 0 Å². The lowest BCUT2D eigenvalue weighted by Gasteiger charge is -2.37. The molecule has 7 aromatic rings. The second-order valence-corrected chi connectivity index (χ2v) is 13.3. The van der Waals surface area contributed by atoms with E-state index in [-0.39, 0.29) is 36.0 Å². The number of imidazole rings is 1. The Morgan fingerprint density at radius 2 is 1.32 bits per heavy atom. The molecule has 5 aromatic carbocycles. The molecule has 1 amide bonds. The van der Waals surface area contributed by atoms with Crippen molar-refractivity contribution in [3.63, 3.8) is 0 Å². The van der Waals surface area contributed by atoms with E-state index in [9.17, 15) is 9.90 Å². The summed E-state index contributed by atoms with van der Waals surface area (Å²) in [6.45, 7) is 0.00599. The molecular weight excluding hydrogens is 725 g/mol. The summed E-state index contributed by atoms with van der Waals surface area (Å²) in [5.41, 5.74) is 9.28. The van der Waals surface area contributed by atoms with Gasteiger partial charge in [-0.25, -0.2) is 14.7 Å². The van der Waals surface area contributed by atoms with Gasteiger partial charge in [0, 0.05) is 6.42 Å². The Labute approximate surface area is 328 Å². The van der Waals surface area contributed by atoms with E-state index in [4.69, 9.17) is 29.4 Å². The standard InChI is InChI=1S/C44H40N6O7/c1-53-34-22-18-30(19-23-34)44(29-12-6-3-7-13-29,31-20-24-35(54-2)25-21-31)55-27-37-36(51)26-38(56-37)49-28-46-39-40(49)47-42(45)48-41(39)57-43(52)50(32-14-8-4-9-15-32)33-16-10-5-11-17-33/h3-25,28,36-38,51H,26-27H2,1-2H3,(H2,45,47,48)/t36-,37+,38+/m0/s1. The van der Waals surface area contributed by atoms with E-state index in [1.807, 2.05) is 115 Å². The minimum Gasteiger partial charge on any atom is -0.497 e. The van der Waals surface area contributed by atoms with E-state index in [0.717, 1.165) is 16.7 Å².